The average molecular weight is 301 g/mol. The number of amides is 2. The van der Waals surface area contributed by atoms with Crippen LogP contribution in [0.1, 0.15) is 25.3 Å². The highest BCUT2D eigenvalue weighted by Crippen LogP contribution is 2.28. The highest BCUT2D eigenvalue weighted by molar-refractivity contribution is 5.80. The Balaban J connectivity index is 1.62. The van der Waals surface area contributed by atoms with Gasteiger partial charge in [0.1, 0.15) is 0 Å². The standard InChI is InChI=1S/C17H23N3O2/c1-2-22-10-9-19-17(21)20(15-4-5-15)12-13-3-6-16-14(11-13)7-8-18-16/h3,6-8,11,15,18H,2,4-5,9-10,12H2,1H3,(H,19,21). The van der Waals surface area contributed by atoms with Gasteiger partial charge < -0.3 is 19.9 Å². The molecule has 2 N–H and O–H groups in total. The zero-order valence-corrected chi connectivity index (χ0v) is 13.0. The van der Waals surface area contributed by atoms with E-state index in [1.165, 1.54) is 10.9 Å². The highest BCUT2D eigenvalue weighted by Gasteiger charge is 2.32. The number of fused-ring (bicyclic) bond motifs is 1. The lowest BCUT2D eigenvalue weighted by Crippen LogP contribution is -2.42. The van der Waals surface area contributed by atoms with Gasteiger partial charge in [-0.1, -0.05) is 6.07 Å². The first kappa shape index (κ1) is 14.9. The van der Waals surface area contributed by atoms with Crippen LogP contribution in [-0.2, 0) is 11.3 Å². The molecule has 22 heavy (non-hydrogen) atoms. The van der Waals surface area contributed by atoms with Gasteiger partial charge in [0.25, 0.3) is 0 Å². The lowest BCUT2D eigenvalue weighted by Gasteiger charge is -2.23. The van der Waals surface area contributed by atoms with Crippen molar-refractivity contribution in [1.29, 1.82) is 0 Å². The van der Waals surface area contributed by atoms with Crippen LogP contribution in [0.25, 0.3) is 10.9 Å². The number of carbonyl (C=O) groups is 1. The lowest BCUT2D eigenvalue weighted by atomic mass is 10.1. The third-order valence-electron chi connectivity index (χ3n) is 3.95. The van der Waals surface area contributed by atoms with E-state index in [-0.39, 0.29) is 6.03 Å². The second kappa shape index (κ2) is 6.83. The molecule has 0 saturated heterocycles. The first-order valence-corrected chi connectivity index (χ1v) is 7.96. The van der Waals surface area contributed by atoms with E-state index in [1.807, 2.05) is 18.0 Å². The molecule has 5 nitrogen and oxygen atoms in total. The van der Waals surface area contributed by atoms with E-state index in [4.69, 9.17) is 4.74 Å². The predicted molar refractivity (Wildman–Crippen MR) is 86.8 cm³/mol. The molecule has 3 rings (SSSR count). The Bertz CT molecular complexity index is 634. The van der Waals surface area contributed by atoms with Crippen molar-refractivity contribution in [3.05, 3.63) is 36.0 Å². The minimum absolute atomic E-state index is 0.0105. The fourth-order valence-electron chi connectivity index (χ4n) is 2.63. The van der Waals surface area contributed by atoms with Gasteiger partial charge in [0.2, 0.25) is 0 Å². The van der Waals surface area contributed by atoms with E-state index in [2.05, 4.69) is 34.6 Å². The van der Waals surface area contributed by atoms with Crippen LogP contribution in [0.4, 0.5) is 4.79 Å². The molecule has 0 atom stereocenters. The minimum atomic E-state index is 0.0105. The molecule has 0 spiro atoms. The number of hydrogen-bond donors (Lipinski definition) is 2. The van der Waals surface area contributed by atoms with Crippen LogP contribution in [0.15, 0.2) is 30.5 Å². The van der Waals surface area contributed by atoms with Crippen LogP contribution >= 0.6 is 0 Å². The summed E-state index contributed by atoms with van der Waals surface area (Å²) in [4.78, 5) is 17.5. The molecule has 2 aromatic rings. The molecule has 0 unspecified atom stereocenters. The monoisotopic (exact) mass is 301 g/mol. The van der Waals surface area contributed by atoms with Crippen molar-refractivity contribution in [2.24, 2.45) is 0 Å². The molecule has 1 heterocycles. The maximum atomic E-state index is 12.4. The summed E-state index contributed by atoms with van der Waals surface area (Å²) >= 11 is 0. The quantitative estimate of drug-likeness (QED) is 0.773. The lowest BCUT2D eigenvalue weighted by molar-refractivity contribution is 0.144. The Kier molecular flexibility index (Phi) is 4.63. The second-order valence-corrected chi connectivity index (χ2v) is 5.69. The molecular formula is C17H23N3O2. The predicted octanol–water partition coefficient (Wildman–Crippen LogP) is 2.88. The summed E-state index contributed by atoms with van der Waals surface area (Å²) in [5, 5.41) is 4.13. The van der Waals surface area contributed by atoms with Gasteiger partial charge in [0.05, 0.1) is 6.61 Å². The van der Waals surface area contributed by atoms with Gasteiger partial charge in [0, 0.05) is 37.5 Å². The molecule has 1 aliphatic rings. The zero-order valence-electron chi connectivity index (χ0n) is 13.0. The summed E-state index contributed by atoms with van der Waals surface area (Å²) in [5.41, 5.74) is 2.29. The van der Waals surface area contributed by atoms with Crippen LogP contribution in [0.2, 0.25) is 0 Å². The van der Waals surface area contributed by atoms with Crippen molar-refractivity contribution in [2.75, 3.05) is 19.8 Å². The van der Waals surface area contributed by atoms with Crippen molar-refractivity contribution >= 4 is 16.9 Å². The summed E-state index contributed by atoms with van der Waals surface area (Å²) in [7, 11) is 0. The molecule has 1 aromatic heterocycles. The summed E-state index contributed by atoms with van der Waals surface area (Å²) in [6.45, 7) is 4.42. The number of H-pyrrole nitrogens is 1. The van der Waals surface area contributed by atoms with Gasteiger partial charge in [0.15, 0.2) is 0 Å². The largest absolute Gasteiger partial charge is 0.380 e. The summed E-state index contributed by atoms with van der Waals surface area (Å²) < 4.78 is 5.26. The van der Waals surface area contributed by atoms with Crippen molar-refractivity contribution in [3.63, 3.8) is 0 Å². The molecular weight excluding hydrogens is 278 g/mol. The first-order valence-electron chi connectivity index (χ1n) is 7.96. The van der Waals surface area contributed by atoms with Crippen LogP contribution in [0.3, 0.4) is 0 Å². The van der Waals surface area contributed by atoms with Crippen LogP contribution < -0.4 is 5.32 Å². The third-order valence-corrected chi connectivity index (χ3v) is 3.95. The number of carbonyl (C=O) groups excluding carboxylic acids is 1. The minimum Gasteiger partial charge on any atom is -0.380 e. The first-order chi connectivity index (χ1) is 10.8. The molecule has 5 heteroatoms. The molecule has 1 aromatic carbocycles. The SMILES string of the molecule is CCOCCNC(=O)N(Cc1ccc2[nH]ccc2c1)C1CC1. The van der Waals surface area contributed by atoms with Gasteiger partial charge >= 0.3 is 6.03 Å². The topological polar surface area (TPSA) is 57.4 Å². The Morgan fingerprint density at radius 1 is 1.41 bits per heavy atom. The molecule has 0 aliphatic heterocycles. The number of nitrogens with zero attached hydrogens (tertiary/aromatic N) is 1. The fraction of sp³-hybridized carbons (Fsp3) is 0.471. The summed E-state index contributed by atoms with van der Waals surface area (Å²) in [6, 6.07) is 8.76. The third kappa shape index (κ3) is 3.60. The maximum Gasteiger partial charge on any atom is 0.318 e. The fourth-order valence-corrected chi connectivity index (χ4v) is 2.63. The number of aromatic amines is 1. The molecule has 1 saturated carbocycles. The molecule has 1 fully saturated rings. The number of rotatable bonds is 7. The number of ether oxygens (including phenoxy) is 1. The molecule has 118 valence electrons. The van der Waals surface area contributed by atoms with E-state index >= 15 is 0 Å². The second-order valence-electron chi connectivity index (χ2n) is 5.69. The number of benzene rings is 1. The van der Waals surface area contributed by atoms with Crippen molar-refractivity contribution in [1.82, 2.24) is 15.2 Å². The van der Waals surface area contributed by atoms with E-state index in [1.54, 1.807) is 0 Å². The van der Waals surface area contributed by atoms with Crippen LogP contribution in [0, 0.1) is 0 Å². The summed E-state index contributed by atoms with van der Waals surface area (Å²) in [5.74, 6) is 0. The maximum absolute atomic E-state index is 12.4. The normalized spacial score (nSPS) is 14.2. The number of nitrogens with one attached hydrogen (secondary N) is 2. The van der Waals surface area contributed by atoms with Crippen molar-refractivity contribution in [2.45, 2.75) is 32.4 Å². The number of hydrogen-bond acceptors (Lipinski definition) is 2. The smallest absolute Gasteiger partial charge is 0.318 e. The van der Waals surface area contributed by atoms with Gasteiger partial charge in [-0.05, 0) is 48.9 Å². The zero-order chi connectivity index (χ0) is 15.4. The van der Waals surface area contributed by atoms with Crippen LogP contribution in [-0.4, -0.2) is 41.7 Å². The number of aromatic nitrogens is 1. The summed E-state index contributed by atoms with van der Waals surface area (Å²) in [6.07, 6.45) is 4.14. The molecule has 0 bridgehead atoms. The Morgan fingerprint density at radius 3 is 3.05 bits per heavy atom. The van der Waals surface area contributed by atoms with Crippen LogP contribution in [0.5, 0.6) is 0 Å². The highest BCUT2D eigenvalue weighted by atomic mass is 16.5. The van der Waals surface area contributed by atoms with Gasteiger partial charge in [-0.3, -0.25) is 0 Å². The molecule has 0 radical (unpaired) electrons. The van der Waals surface area contributed by atoms with Crippen molar-refractivity contribution in [3.8, 4) is 0 Å². The van der Waals surface area contributed by atoms with Gasteiger partial charge in [-0.25, -0.2) is 4.79 Å². The number of urea groups is 1. The molecule has 1 aliphatic carbocycles. The Morgan fingerprint density at radius 2 is 2.27 bits per heavy atom. The van der Waals surface area contributed by atoms with E-state index in [0.717, 1.165) is 18.4 Å². The van der Waals surface area contributed by atoms with E-state index in [0.29, 0.717) is 32.3 Å². The Labute approximate surface area is 130 Å². The van der Waals surface area contributed by atoms with E-state index in [9.17, 15) is 4.79 Å². The van der Waals surface area contributed by atoms with Crippen molar-refractivity contribution < 1.29 is 9.53 Å². The molecule has 2 amide bonds. The van der Waals surface area contributed by atoms with E-state index < -0.39 is 0 Å². The Hall–Kier alpha value is -2.01. The average Bonchev–Trinajstić information content (AvgIpc) is 3.26. The van der Waals surface area contributed by atoms with Gasteiger partial charge in [-0.15, -0.1) is 0 Å². The van der Waals surface area contributed by atoms with Gasteiger partial charge in [-0.2, -0.15) is 0 Å².